The van der Waals surface area contributed by atoms with Crippen molar-refractivity contribution >= 4 is 29.2 Å². The predicted molar refractivity (Wildman–Crippen MR) is 115 cm³/mol. The lowest BCUT2D eigenvalue weighted by molar-refractivity contribution is 0.0601. The first kappa shape index (κ1) is 20.0. The van der Waals surface area contributed by atoms with Crippen molar-refractivity contribution in [1.29, 1.82) is 0 Å². The molecule has 1 N–H and O–H groups in total. The van der Waals surface area contributed by atoms with Gasteiger partial charge in [-0.2, -0.15) is 0 Å². The second-order valence-corrected chi connectivity index (χ2v) is 8.44. The van der Waals surface area contributed by atoms with Gasteiger partial charge in [-0.1, -0.05) is 24.4 Å². The van der Waals surface area contributed by atoms with Crippen LogP contribution in [0, 0.1) is 0 Å². The normalized spacial score (nSPS) is 16.3. The third-order valence-corrected chi connectivity index (χ3v) is 6.46. The molecule has 0 radical (unpaired) electrons. The first-order chi connectivity index (χ1) is 14.1. The highest BCUT2D eigenvalue weighted by molar-refractivity contribution is 6.34. The molecule has 0 aliphatic heterocycles. The van der Waals surface area contributed by atoms with E-state index in [-0.39, 0.29) is 16.5 Å². The van der Waals surface area contributed by atoms with Crippen molar-refractivity contribution in [3.8, 4) is 0 Å². The third kappa shape index (κ3) is 4.18. The summed E-state index contributed by atoms with van der Waals surface area (Å²) in [6.45, 7) is 0. The molecule has 2 aromatic rings. The van der Waals surface area contributed by atoms with Gasteiger partial charge in [-0.3, -0.25) is 4.79 Å². The first-order valence-electron chi connectivity index (χ1n) is 10.4. The predicted octanol–water partition coefficient (Wildman–Crippen LogP) is 5.92. The minimum absolute atomic E-state index is 0.143. The number of aryl methyl sites for hydroxylation is 2. The van der Waals surface area contributed by atoms with Gasteiger partial charge in [0.1, 0.15) is 0 Å². The summed E-state index contributed by atoms with van der Waals surface area (Å²) in [7, 11) is 1.31. The number of carbonyl (C=O) groups is 2. The summed E-state index contributed by atoms with van der Waals surface area (Å²) in [6, 6.07) is 8.99. The molecule has 0 atom stereocenters. The highest BCUT2D eigenvalue weighted by Gasteiger charge is 2.25. The minimum atomic E-state index is -0.497. The SMILES string of the molecule is COC(=O)c1ccc(NC(=O)c2cc3c4c(c2)CCCCC4CCCC3)cc1Cl. The van der Waals surface area contributed by atoms with E-state index >= 15 is 0 Å². The Morgan fingerprint density at radius 2 is 1.66 bits per heavy atom. The fourth-order valence-corrected chi connectivity index (χ4v) is 5.02. The van der Waals surface area contributed by atoms with Crippen molar-refractivity contribution in [2.24, 2.45) is 0 Å². The average Bonchev–Trinajstić information content (AvgIpc) is 3.05. The van der Waals surface area contributed by atoms with E-state index in [0.717, 1.165) is 12.8 Å². The molecule has 4 rings (SSSR count). The maximum atomic E-state index is 13.0. The lowest BCUT2D eigenvalue weighted by Gasteiger charge is -2.20. The van der Waals surface area contributed by atoms with Gasteiger partial charge in [0.05, 0.1) is 17.7 Å². The number of anilines is 1. The Hall–Kier alpha value is -2.33. The highest BCUT2D eigenvalue weighted by atomic mass is 35.5. The van der Waals surface area contributed by atoms with E-state index in [1.54, 1.807) is 18.2 Å². The van der Waals surface area contributed by atoms with Gasteiger partial charge < -0.3 is 10.1 Å². The molecule has 2 aromatic carbocycles. The molecule has 4 nitrogen and oxygen atoms in total. The van der Waals surface area contributed by atoms with Crippen LogP contribution in [0.3, 0.4) is 0 Å². The first-order valence-corrected chi connectivity index (χ1v) is 10.8. The van der Waals surface area contributed by atoms with Gasteiger partial charge in [0.25, 0.3) is 5.91 Å². The zero-order chi connectivity index (χ0) is 20.4. The monoisotopic (exact) mass is 411 g/mol. The number of ether oxygens (including phenoxy) is 1. The van der Waals surface area contributed by atoms with E-state index < -0.39 is 5.97 Å². The van der Waals surface area contributed by atoms with Gasteiger partial charge in [0.15, 0.2) is 0 Å². The number of amides is 1. The molecule has 2 aliphatic carbocycles. The number of hydrogen-bond acceptors (Lipinski definition) is 3. The molecular formula is C24H26ClNO3. The van der Waals surface area contributed by atoms with E-state index in [9.17, 15) is 9.59 Å². The van der Waals surface area contributed by atoms with Crippen LogP contribution in [0.1, 0.15) is 81.8 Å². The largest absolute Gasteiger partial charge is 0.465 e. The van der Waals surface area contributed by atoms with Gasteiger partial charge in [-0.25, -0.2) is 4.79 Å². The molecule has 0 saturated carbocycles. The van der Waals surface area contributed by atoms with E-state index in [1.807, 2.05) is 0 Å². The maximum Gasteiger partial charge on any atom is 0.339 e. The Bertz CT molecular complexity index is 920. The molecule has 0 bridgehead atoms. The number of carbonyl (C=O) groups excluding carboxylic acids is 2. The number of rotatable bonds is 3. The Morgan fingerprint density at radius 3 is 2.24 bits per heavy atom. The molecule has 1 amide bonds. The summed E-state index contributed by atoms with van der Waals surface area (Å²) >= 11 is 6.18. The van der Waals surface area contributed by atoms with Crippen molar-refractivity contribution in [2.45, 2.75) is 57.3 Å². The molecule has 0 fully saturated rings. The average molecular weight is 412 g/mol. The van der Waals surface area contributed by atoms with Crippen molar-refractivity contribution < 1.29 is 14.3 Å². The van der Waals surface area contributed by atoms with Crippen LogP contribution < -0.4 is 5.32 Å². The number of benzene rings is 2. The Balaban J connectivity index is 1.61. The number of hydrogen-bond donors (Lipinski definition) is 1. The van der Waals surface area contributed by atoms with Crippen LogP contribution in [0.2, 0.25) is 5.02 Å². The zero-order valence-corrected chi connectivity index (χ0v) is 17.5. The van der Waals surface area contributed by atoms with Gasteiger partial charge in [0.2, 0.25) is 0 Å². The second-order valence-electron chi connectivity index (χ2n) is 8.04. The molecule has 0 saturated heterocycles. The molecule has 152 valence electrons. The van der Waals surface area contributed by atoms with Crippen LogP contribution in [-0.2, 0) is 17.6 Å². The van der Waals surface area contributed by atoms with Gasteiger partial charge in [-0.05, 0) is 91.5 Å². The fourth-order valence-electron chi connectivity index (χ4n) is 4.76. The molecule has 2 aliphatic rings. The van der Waals surface area contributed by atoms with Crippen molar-refractivity contribution in [1.82, 2.24) is 0 Å². The quantitative estimate of drug-likeness (QED) is 0.638. The number of nitrogens with one attached hydrogen (secondary N) is 1. The lowest BCUT2D eigenvalue weighted by atomic mass is 9.86. The fraction of sp³-hybridized carbons (Fsp3) is 0.417. The highest BCUT2D eigenvalue weighted by Crippen LogP contribution is 2.40. The molecule has 0 spiro atoms. The van der Waals surface area contributed by atoms with Crippen LogP contribution in [0.25, 0.3) is 0 Å². The Labute approximate surface area is 176 Å². The molecule has 29 heavy (non-hydrogen) atoms. The molecule has 0 heterocycles. The Morgan fingerprint density at radius 1 is 1.00 bits per heavy atom. The van der Waals surface area contributed by atoms with Gasteiger partial charge in [-0.15, -0.1) is 0 Å². The second kappa shape index (κ2) is 8.58. The van der Waals surface area contributed by atoms with E-state index in [0.29, 0.717) is 17.2 Å². The van der Waals surface area contributed by atoms with E-state index in [1.165, 1.54) is 62.3 Å². The van der Waals surface area contributed by atoms with Crippen LogP contribution >= 0.6 is 11.6 Å². The van der Waals surface area contributed by atoms with Crippen LogP contribution in [0.15, 0.2) is 30.3 Å². The number of halogens is 1. The molecular weight excluding hydrogens is 386 g/mol. The maximum absolute atomic E-state index is 13.0. The summed E-state index contributed by atoms with van der Waals surface area (Å²) in [5.74, 6) is 0.0195. The van der Waals surface area contributed by atoms with Gasteiger partial charge >= 0.3 is 5.97 Å². The summed E-state index contributed by atoms with van der Waals surface area (Å²) in [6.07, 6.45) is 9.58. The molecule has 0 aromatic heterocycles. The molecule has 0 unspecified atom stereocenters. The van der Waals surface area contributed by atoms with Crippen molar-refractivity contribution in [2.75, 3.05) is 12.4 Å². The van der Waals surface area contributed by atoms with Crippen LogP contribution in [0.5, 0.6) is 0 Å². The zero-order valence-electron chi connectivity index (χ0n) is 16.7. The minimum Gasteiger partial charge on any atom is -0.465 e. The Kier molecular flexibility index (Phi) is 5.91. The van der Waals surface area contributed by atoms with Crippen molar-refractivity contribution in [3.05, 3.63) is 63.2 Å². The smallest absolute Gasteiger partial charge is 0.339 e. The summed E-state index contributed by atoms with van der Waals surface area (Å²) in [5, 5.41) is 3.18. The standard InChI is InChI=1S/C24H26ClNO3/c1-29-24(28)20-11-10-19(14-21(20)25)26-23(27)18-12-16-8-4-2-6-15-7-3-5-9-17(13-18)22(15)16/h10-15H,2-9H2,1H3,(H,26,27). The summed E-state index contributed by atoms with van der Waals surface area (Å²) < 4.78 is 4.71. The lowest BCUT2D eigenvalue weighted by Crippen LogP contribution is -2.14. The molecule has 5 heteroatoms. The van der Waals surface area contributed by atoms with Crippen LogP contribution in [0.4, 0.5) is 5.69 Å². The topological polar surface area (TPSA) is 55.4 Å². The third-order valence-electron chi connectivity index (χ3n) is 6.15. The van der Waals surface area contributed by atoms with E-state index in [2.05, 4.69) is 17.4 Å². The van der Waals surface area contributed by atoms with Crippen LogP contribution in [-0.4, -0.2) is 19.0 Å². The summed E-state index contributed by atoms with van der Waals surface area (Å²) in [4.78, 5) is 24.7. The van der Waals surface area contributed by atoms with Crippen molar-refractivity contribution in [3.63, 3.8) is 0 Å². The number of esters is 1. The van der Waals surface area contributed by atoms with E-state index in [4.69, 9.17) is 16.3 Å². The number of methoxy groups -OCH3 is 1. The summed E-state index contributed by atoms with van der Waals surface area (Å²) in [5.41, 5.74) is 5.79. The van der Waals surface area contributed by atoms with Gasteiger partial charge in [0, 0.05) is 11.3 Å².